The number of carbonyl (C=O) groups is 2. The molecule has 2 aromatic rings. The normalized spacial score (nSPS) is 28.0. The Bertz CT molecular complexity index is 980. The van der Waals surface area contributed by atoms with Crippen molar-refractivity contribution in [3.63, 3.8) is 0 Å². The summed E-state index contributed by atoms with van der Waals surface area (Å²) in [7, 11) is 0. The quantitative estimate of drug-likeness (QED) is 0.532. The van der Waals surface area contributed by atoms with E-state index >= 15 is 0 Å². The molecule has 0 radical (unpaired) electrons. The number of hydrogen-bond donors (Lipinski definition) is 3. The van der Waals surface area contributed by atoms with Gasteiger partial charge < -0.3 is 16.0 Å². The Balaban J connectivity index is 1.24. The van der Waals surface area contributed by atoms with Gasteiger partial charge in [-0.3, -0.25) is 9.59 Å². The minimum absolute atomic E-state index is 0.0694. The number of nitrogens with one attached hydrogen (secondary N) is 3. The van der Waals surface area contributed by atoms with E-state index in [-0.39, 0.29) is 29.7 Å². The van der Waals surface area contributed by atoms with Gasteiger partial charge in [-0.25, -0.2) is 4.98 Å². The van der Waals surface area contributed by atoms with Crippen LogP contribution in [0.5, 0.6) is 0 Å². The highest BCUT2D eigenvalue weighted by Crippen LogP contribution is 2.56. The number of benzene rings is 1. The minimum atomic E-state index is -0.108. The van der Waals surface area contributed by atoms with E-state index < -0.39 is 0 Å². The number of aromatic nitrogens is 1. The summed E-state index contributed by atoms with van der Waals surface area (Å²) in [4.78, 5) is 29.0. The molecule has 0 unspecified atom stereocenters. The van der Waals surface area contributed by atoms with Gasteiger partial charge in [-0.1, -0.05) is 26.0 Å². The average molecular weight is 453 g/mol. The molecule has 4 aliphatic rings. The van der Waals surface area contributed by atoms with Crippen LogP contribution in [0.1, 0.15) is 58.1 Å². The summed E-state index contributed by atoms with van der Waals surface area (Å²) in [5.74, 6) is 2.32. The fraction of sp³-hybridized carbons (Fsp3) is 0.560. The standard InChI is InChI=1S/C25H32N4O2S/c1-15(2)23(31)28-24-26-19(14-32-24)10-22(30)27-20-5-3-4-6-21(20)29-25-11-16-7-17(12-25)9-18(8-16)13-25/h3-6,14-18,29H,7-13H2,1-2H3,(H,27,30)(H,26,28,31). The molecule has 2 amide bonds. The molecule has 4 fully saturated rings. The average Bonchev–Trinajstić information content (AvgIpc) is 3.14. The third-order valence-corrected chi connectivity index (χ3v) is 8.09. The SMILES string of the molecule is CC(C)C(=O)Nc1nc(CC(=O)Nc2ccccc2NC23CC4CC(CC(C4)C2)C3)cs1. The van der Waals surface area contributed by atoms with Crippen LogP contribution in [0.25, 0.3) is 0 Å². The summed E-state index contributed by atoms with van der Waals surface area (Å²) in [5.41, 5.74) is 2.70. The lowest BCUT2D eigenvalue weighted by Gasteiger charge is -2.57. The van der Waals surface area contributed by atoms with Crippen molar-refractivity contribution in [3.05, 3.63) is 35.3 Å². The molecular formula is C25H32N4O2S. The van der Waals surface area contributed by atoms with Gasteiger partial charge in [0.2, 0.25) is 11.8 Å². The molecule has 1 aromatic carbocycles. The number of thiazole rings is 1. The van der Waals surface area contributed by atoms with Gasteiger partial charge >= 0.3 is 0 Å². The van der Waals surface area contributed by atoms with E-state index in [1.807, 2.05) is 37.4 Å². The smallest absolute Gasteiger partial charge is 0.230 e. The Labute approximate surface area is 193 Å². The van der Waals surface area contributed by atoms with Crippen LogP contribution in [-0.2, 0) is 16.0 Å². The van der Waals surface area contributed by atoms with Crippen molar-refractivity contribution in [1.82, 2.24) is 4.98 Å². The third-order valence-electron chi connectivity index (χ3n) is 7.29. The van der Waals surface area contributed by atoms with Crippen LogP contribution >= 0.6 is 11.3 Å². The molecule has 0 saturated heterocycles. The molecule has 4 saturated carbocycles. The van der Waals surface area contributed by atoms with Crippen LogP contribution in [0.2, 0.25) is 0 Å². The van der Waals surface area contributed by atoms with Crippen molar-refractivity contribution >= 4 is 39.7 Å². The lowest BCUT2D eigenvalue weighted by atomic mass is 9.53. The molecule has 0 spiro atoms. The van der Waals surface area contributed by atoms with Crippen LogP contribution in [0.3, 0.4) is 0 Å². The number of hydrogen-bond acceptors (Lipinski definition) is 5. The van der Waals surface area contributed by atoms with Crippen molar-refractivity contribution in [1.29, 1.82) is 0 Å². The maximum absolute atomic E-state index is 12.8. The highest BCUT2D eigenvalue weighted by atomic mass is 32.1. The van der Waals surface area contributed by atoms with E-state index in [1.165, 1.54) is 49.9 Å². The van der Waals surface area contributed by atoms with Crippen LogP contribution < -0.4 is 16.0 Å². The van der Waals surface area contributed by atoms with Gasteiger partial charge in [0.15, 0.2) is 5.13 Å². The van der Waals surface area contributed by atoms with E-state index in [1.54, 1.807) is 0 Å². The first-order valence-corrected chi connectivity index (χ1v) is 12.7. The molecule has 7 heteroatoms. The molecule has 4 bridgehead atoms. The summed E-state index contributed by atoms with van der Waals surface area (Å²) in [6.07, 6.45) is 8.17. The van der Waals surface area contributed by atoms with Crippen molar-refractivity contribution < 1.29 is 9.59 Å². The van der Waals surface area contributed by atoms with Gasteiger partial charge in [0.1, 0.15) is 0 Å². The topological polar surface area (TPSA) is 83.1 Å². The maximum Gasteiger partial charge on any atom is 0.230 e. The summed E-state index contributed by atoms with van der Waals surface area (Å²) in [6.45, 7) is 3.68. The van der Waals surface area contributed by atoms with Gasteiger partial charge in [-0.15, -0.1) is 11.3 Å². The number of carbonyl (C=O) groups excluding carboxylic acids is 2. The summed E-state index contributed by atoms with van der Waals surface area (Å²) < 4.78 is 0. The molecule has 32 heavy (non-hydrogen) atoms. The monoisotopic (exact) mass is 452 g/mol. The van der Waals surface area contributed by atoms with Gasteiger partial charge in [0.05, 0.1) is 23.5 Å². The summed E-state index contributed by atoms with van der Waals surface area (Å²) in [6, 6.07) is 8.04. The lowest BCUT2D eigenvalue weighted by Crippen LogP contribution is -2.54. The second-order valence-electron chi connectivity index (χ2n) is 10.4. The predicted octanol–water partition coefficient (Wildman–Crippen LogP) is 5.30. The first kappa shape index (κ1) is 21.4. The molecule has 4 aliphatic carbocycles. The summed E-state index contributed by atoms with van der Waals surface area (Å²) >= 11 is 1.35. The Morgan fingerprint density at radius 3 is 2.28 bits per heavy atom. The zero-order chi connectivity index (χ0) is 22.3. The molecule has 6 nitrogen and oxygen atoms in total. The van der Waals surface area contributed by atoms with E-state index in [0.29, 0.717) is 10.8 Å². The van der Waals surface area contributed by atoms with E-state index in [9.17, 15) is 9.59 Å². The second-order valence-corrected chi connectivity index (χ2v) is 11.2. The molecule has 3 N–H and O–H groups in total. The maximum atomic E-state index is 12.8. The molecule has 0 aliphatic heterocycles. The van der Waals surface area contributed by atoms with Crippen LogP contribution in [-0.4, -0.2) is 22.3 Å². The van der Waals surface area contributed by atoms with E-state index in [2.05, 4.69) is 27.0 Å². The second kappa shape index (κ2) is 8.50. The zero-order valence-electron chi connectivity index (χ0n) is 18.8. The van der Waals surface area contributed by atoms with E-state index in [0.717, 1.165) is 29.1 Å². The third kappa shape index (κ3) is 4.53. The highest BCUT2D eigenvalue weighted by molar-refractivity contribution is 7.13. The largest absolute Gasteiger partial charge is 0.378 e. The number of para-hydroxylation sites is 2. The fourth-order valence-corrected chi connectivity index (χ4v) is 7.02. The van der Waals surface area contributed by atoms with Gasteiger partial charge in [-0.05, 0) is 68.4 Å². The van der Waals surface area contributed by atoms with Crippen molar-refractivity contribution in [2.24, 2.45) is 23.7 Å². The van der Waals surface area contributed by atoms with Gasteiger partial charge in [0, 0.05) is 16.8 Å². The highest BCUT2D eigenvalue weighted by Gasteiger charge is 2.51. The zero-order valence-corrected chi connectivity index (χ0v) is 19.6. The Morgan fingerprint density at radius 2 is 1.66 bits per heavy atom. The predicted molar refractivity (Wildman–Crippen MR) is 129 cm³/mol. The number of nitrogens with zero attached hydrogens (tertiary/aromatic N) is 1. The van der Waals surface area contributed by atoms with Gasteiger partial charge in [0.25, 0.3) is 0 Å². The van der Waals surface area contributed by atoms with Crippen molar-refractivity contribution in [3.8, 4) is 0 Å². The molecule has 0 atom stereocenters. The van der Waals surface area contributed by atoms with E-state index in [4.69, 9.17) is 0 Å². The summed E-state index contributed by atoms with van der Waals surface area (Å²) in [5, 5.41) is 12.1. The Hall–Kier alpha value is -2.41. The number of rotatable bonds is 7. The van der Waals surface area contributed by atoms with Crippen molar-refractivity contribution in [2.75, 3.05) is 16.0 Å². The van der Waals surface area contributed by atoms with Crippen molar-refractivity contribution in [2.45, 2.75) is 64.3 Å². The number of amides is 2. The molecule has 1 aromatic heterocycles. The molecule has 170 valence electrons. The Morgan fingerprint density at radius 1 is 1.03 bits per heavy atom. The number of anilines is 3. The molecular weight excluding hydrogens is 420 g/mol. The lowest BCUT2D eigenvalue weighted by molar-refractivity contribution is -0.119. The molecule has 1 heterocycles. The first-order chi connectivity index (χ1) is 15.4. The van der Waals surface area contributed by atoms with Gasteiger partial charge in [-0.2, -0.15) is 0 Å². The molecule has 6 rings (SSSR count). The van der Waals surface area contributed by atoms with Crippen LogP contribution in [0.15, 0.2) is 29.6 Å². The fourth-order valence-electron chi connectivity index (χ4n) is 6.30. The van der Waals surface area contributed by atoms with Crippen LogP contribution in [0, 0.1) is 23.7 Å². The Kier molecular flexibility index (Phi) is 5.70. The van der Waals surface area contributed by atoms with Crippen LogP contribution in [0.4, 0.5) is 16.5 Å². The first-order valence-electron chi connectivity index (χ1n) is 11.8. The minimum Gasteiger partial charge on any atom is -0.378 e.